The van der Waals surface area contributed by atoms with Gasteiger partial charge in [-0.25, -0.2) is 14.0 Å². The Morgan fingerprint density at radius 3 is 2.85 bits per heavy atom. The summed E-state index contributed by atoms with van der Waals surface area (Å²) in [6, 6.07) is 1.45. The van der Waals surface area contributed by atoms with E-state index in [4.69, 9.17) is 5.11 Å². The largest absolute Gasteiger partial charge is 0.480 e. The second-order valence-corrected chi connectivity index (χ2v) is 5.56. The van der Waals surface area contributed by atoms with Crippen LogP contribution in [0.1, 0.15) is 18.4 Å². The number of hydrogen-bond acceptors (Lipinski definition) is 2. The van der Waals surface area contributed by atoms with Crippen LogP contribution in [0.2, 0.25) is 0 Å². The van der Waals surface area contributed by atoms with Gasteiger partial charge in [-0.2, -0.15) is 0 Å². The molecule has 1 fully saturated rings. The van der Waals surface area contributed by atoms with Gasteiger partial charge in [-0.1, -0.05) is 0 Å². The molecule has 2 amide bonds. The third kappa shape index (κ3) is 2.92. The summed E-state index contributed by atoms with van der Waals surface area (Å²) < 4.78 is 13.8. The molecule has 108 valence electrons. The van der Waals surface area contributed by atoms with Gasteiger partial charge in [0.2, 0.25) is 0 Å². The number of amides is 2. The molecular weight excluding hydrogens is 331 g/mol. The number of aliphatic carboxylic acids is 1. The van der Waals surface area contributed by atoms with Gasteiger partial charge in [0.15, 0.2) is 0 Å². The lowest BCUT2D eigenvalue weighted by Crippen LogP contribution is -2.42. The van der Waals surface area contributed by atoms with Crippen LogP contribution in [-0.4, -0.2) is 34.6 Å². The Morgan fingerprint density at radius 2 is 2.20 bits per heavy atom. The van der Waals surface area contributed by atoms with Crippen LogP contribution in [0.15, 0.2) is 16.6 Å². The number of carboxylic acid groups (broad SMARTS) is 1. The van der Waals surface area contributed by atoms with Crippen LogP contribution in [0.3, 0.4) is 0 Å². The molecule has 0 spiro atoms. The van der Waals surface area contributed by atoms with Gasteiger partial charge >= 0.3 is 12.0 Å². The molecule has 20 heavy (non-hydrogen) atoms. The number of rotatable bonds is 2. The summed E-state index contributed by atoms with van der Waals surface area (Å²) in [5.41, 5.74) is 1.03. The number of carboxylic acids is 1. The molecule has 0 aromatic heterocycles. The van der Waals surface area contributed by atoms with E-state index in [0.29, 0.717) is 35.1 Å². The first-order valence-electron chi connectivity index (χ1n) is 6.16. The fourth-order valence-corrected chi connectivity index (χ4v) is 2.69. The minimum absolute atomic E-state index is 0.317. The predicted molar refractivity (Wildman–Crippen MR) is 75.2 cm³/mol. The van der Waals surface area contributed by atoms with Crippen LogP contribution >= 0.6 is 15.9 Å². The van der Waals surface area contributed by atoms with Gasteiger partial charge < -0.3 is 15.3 Å². The maximum absolute atomic E-state index is 13.5. The van der Waals surface area contributed by atoms with Crippen LogP contribution < -0.4 is 5.32 Å². The summed E-state index contributed by atoms with van der Waals surface area (Å²) in [7, 11) is 0. The van der Waals surface area contributed by atoms with Crippen molar-refractivity contribution in [3.05, 3.63) is 28.0 Å². The van der Waals surface area contributed by atoms with Crippen molar-refractivity contribution in [3.8, 4) is 0 Å². The molecule has 1 atom stereocenters. The quantitative estimate of drug-likeness (QED) is 0.866. The minimum atomic E-state index is -1.02. The molecule has 0 aliphatic carbocycles. The zero-order valence-corrected chi connectivity index (χ0v) is 12.4. The SMILES string of the molecule is Cc1cc(Br)c(F)cc1NC(=O)N1CCCC1C(=O)O. The Kier molecular flexibility index (Phi) is 4.27. The number of nitrogens with zero attached hydrogens (tertiary/aromatic N) is 1. The van der Waals surface area contributed by atoms with Crippen molar-refractivity contribution in [2.75, 3.05) is 11.9 Å². The zero-order chi connectivity index (χ0) is 14.9. The summed E-state index contributed by atoms with van der Waals surface area (Å²) in [5, 5.41) is 11.6. The predicted octanol–water partition coefficient (Wildman–Crippen LogP) is 2.98. The second kappa shape index (κ2) is 5.78. The average Bonchev–Trinajstić information content (AvgIpc) is 2.85. The maximum atomic E-state index is 13.5. The molecule has 1 aliphatic rings. The average molecular weight is 345 g/mol. The monoisotopic (exact) mass is 344 g/mol. The van der Waals surface area contributed by atoms with E-state index in [2.05, 4.69) is 21.2 Å². The van der Waals surface area contributed by atoms with Crippen molar-refractivity contribution in [1.82, 2.24) is 4.90 Å². The molecule has 2 rings (SSSR count). The number of carbonyl (C=O) groups excluding carboxylic acids is 1. The van der Waals surface area contributed by atoms with E-state index in [1.807, 2.05) is 0 Å². The number of carbonyl (C=O) groups is 2. The molecule has 0 radical (unpaired) electrons. The molecule has 0 saturated carbocycles. The van der Waals surface area contributed by atoms with Gasteiger partial charge in [0.05, 0.1) is 4.47 Å². The number of aryl methyl sites for hydroxylation is 1. The molecule has 1 saturated heterocycles. The Bertz CT molecular complexity index is 565. The highest BCUT2D eigenvalue weighted by Gasteiger charge is 2.34. The van der Waals surface area contributed by atoms with Gasteiger partial charge in [-0.3, -0.25) is 0 Å². The Balaban J connectivity index is 2.16. The van der Waals surface area contributed by atoms with Crippen molar-refractivity contribution in [3.63, 3.8) is 0 Å². The minimum Gasteiger partial charge on any atom is -0.480 e. The van der Waals surface area contributed by atoms with E-state index >= 15 is 0 Å². The van der Waals surface area contributed by atoms with Gasteiger partial charge in [0.25, 0.3) is 0 Å². The normalized spacial score (nSPS) is 18.1. The second-order valence-electron chi connectivity index (χ2n) is 4.70. The van der Waals surface area contributed by atoms with E-state index < -0.39 is 23.9 Å². The lowest BCUT2D eigenvalue weighted by atomic mass is 10.2. The van der Waals surface area contributed by atoms with Gasteiger partial charge in [-0.15, -0.1) is 0 Å². The topological polar surface area (TPSA) is 69.6 Å². The molecule has 1 unspecified atom stereocenters. The molecule has 2 N–H and O–H groups in total. The van der Waals surface area contributed by atoms with Crippen molar-refractivity contribution < 1.29 is 19.1 Å². The van der Waals surface area contributed by atoms with E-state index in [0.717, 1.165) is 0 Å². The third-order valence-corrected chi connectivity index (χ3v) is 3.92. The summed E-state index contributed by atoms with van der Waals surface area (Å²) in [5.74, 6) is -1.50. The van der Waals surface area contributed by atoms with Crippen molar-refractivity contribution >= 4 is 33.6 Å². The van der Waals surface area contributed by atoms with E-state index in [1.54, 1.807) is 13.0 Å². The van der Waals surface area contributed by atoms with Gasteiger partial charge in [-0.05, 0) is 53.4 Å². The molecular formula is C13H14BrFN2O3. The molecule has 1 heterocycles. The van der Waals surface area contributed by atoms with Crippen LogP contribution in [-0.2, 0) is 4.79 Å². The first kappa shape index (κ1) is 14.8. The number of nitrogens with one attached hydrogen (secondary N) is 1. The zero-order valence-electron chi connectivity index (χ0n) is 10.8. The molecule has 1 aromatic carbocycles. The van der Waals surface area contributed by atoms with Crippen molar-refractivity contribution in [2.24, 2.45) is 0 Å². The molecule has 7 heteroatoms. The van der Waals surface area contributed by atoms with Crippen LogP contribution in [0.5, 0.6) is 0 Å². The lowest BCUT2D eigenvalue weighted by molar-refractivity contribution is -0.141. The fraction of sp³-hybridized carbons (Fsp3) is 0.385. The Hall–Kier alpha value is -1.63. The maximum Gasteiger partial charge on any atom is 0.326 e. The lowest BCUT2D eigenvalue weighted by Gasteiger charge is -2.22. The number of likely N-dealkylation sites (tertiary alicyclic amines) is 1. The van der Waals surface area contributed by atoms with E-state index in [1.165, 1.54) is 11.0 Å². The summed E-state index contributed by atoms with van der Waals surface area (Å²) in [6.07, 6.45) is 1.09. The first-order chi connectivity index (χ1) is 9.40. The molecule has 0 bridgehead atoms. The first-order valence-corrected chi connectivity index (χ1v) is 6.95. The summed E-state index contributed by atoms with van der Waals surface area (Å²) >= 11 is 3.07. The molecule has 1 aromatic rings. The van der Waals surface area contributed by atoms with Crippen molar-refractivity contribution in [2.45, 2.75) is 25.8 Å². The highest BCUT2D eigenvalue weighted by atomic mass is 79.9. The van der Waals surface area contributed by atoms with Gasteiger partial charge in [0.1, 0.15) is 11.9 Å². The Morgan fingerprint density at radius 1 is 1.50 bits per heavy atom. The van der Waals surface area contributed by atoms with Crippen LogP contribution in [0, 0.1) is 12.7 Å². The van der Waals surface area contributed by atoms with Crippen LogP contribution in [0.25, 0.3) is 0 Å². The highest BCUT2D eigenvalue weighted by molar-refractivity contribution is 9.10. The number of halogens is 2. The summed E-state index contributed by atoms with van der Waals surface area (Å²) in [4.78, 5) is 24.4. The van der Waals surface area contributed by atoms with E-state index in [-0.39, 0.29) is 0 Å². The summed E-state index contributed by atoms with van der Waals surface area (Å²) in [6.45, 7) is 2.12. The number of benzene rings is 1. The highest BCUT2D eigenvalue weighted by Crippen LogP contribution is 2.25. The smallest absolute Gasteiger partial charge is 0.326 e. The molecule has 1 aliphatic heterocycles. The third-order valence-electron chi connectivity index (χ3n) is 3.31. The standard InChI is InChI=1S/C13H14BrFN2O3/c1-7-5-8(14)9(15)6-10(7)16-13(20)17-4-2-3-11(17)12(18)19/h5-6,11H,2-4H2,1H3,(H,16,20)(H,18,19). The van der Waals surface area contributed by atoms with Crippen LogP contribution in [0.4, 0.5) is 14.9 Å². The fourth-order valence-electron chi connectivity index (χ4n) is 2.23. The van der Waals surface area contributed by atoms with Gasteiger partial charge in [0, 0.05) is 12.2 Å². The number of hydrogen-bond donors (Lipinski definition) is 2. The van der Waals surface area contributed by atoms with E-state index in [9.17, 15) is 14.0 Å². The Labute approximate surface area is 123 Å². The number of urea groups is 1. The number of anilines is 1. The molecule has 5 nitrogen and oxygen atoms in total. The van der Waals surface area contributed by atoms with Crippen molar-refractivity contribution in [1.29, 1.82) is 0 Å².